The second-order valence-corrected chi connectivity index (χ2v) is 11.9. The van der Waals surface area contributed by atoms with Crippen molar-refractivity contribution in [2.75, 3.05) is 26.4 Å². The van der Waals surface area contributed by atoms with Crippen LogP contribution in [-0.2, 0) is 57.6 Å². The van der Waals surface area contributed by atoms with E-state index >= 15 is 0 Å². The molecule has 0 saturated carbocycles. The molecule has 1 heterocycles. The van der Waals surface area contributed by atoms with Gasteiger partial charge >= 0.3 is 12.1 Å². The Morgan fingerprint density at radius 2 is 1.52 bits per heavy atom. The number of hydrogen-bond donors (Lipinski definition) is 1. The molecule has 0 unspecified atom stereocenters. The van der Waals surface area contributed by atoms with Crippen molar-refractivity contribution in [1.29, 1.82) is 0 Å². The number of carbonyl (C=O) groups excluding carboxylic acids is 5. The minimum absolute atomic E-state index is 0.0196. The third kappa shape index (κ3) is 11.9. The molecule has 3 aromatic carbocycles. The van der Waals surface area contributed by atoms with Gasteiger partial charge in [0.15, 0.2) is 17.7 Å². The molecule has 0 spiro atoms. The van der Waals surface area contributed by atoms with E-state index < -0.39 is 47.9 Å². The van der Waals surface area contributed by atoms with Crippen molar-refractivity contribution in [3.63, 3.8) is 0 Å². The zero-order valence-corrected chi connectivity index (χ0v) is 28.1. The summed E-state index contributed by atoms with van der Waals surface area (Å²) in [6, 6.07) is 27.1. The number of allylic oxidation sites excluding steroid dienone is 1. The van der Waals surface area contributed by atoms with Gasteiger partial charge in [0.05, 0.1) is 31.8 Å². The lowest BCUT2D eigenvalue weighted by Gasteiger charge is -2.29. The smallest absolute Gasteiger partial charge is 0.416 e. The van der Waals surface area contributed by atoms with Crippen LogP contribution in [0.3, 0.4) is 0 Å². The molecule has 50 heavy (non-hydrogen) atoms. The van der Waals surface area contributed by atoms with Crippen LogP contribution in [0.15, 0.2) is 103 Å². The highest BCUT2D eigenvalue weighted by Gasteiger charge is 2.45. The Labute approximate surface area is 291 Å². The summed E-state index contributed by atoms with van der Waals surface area (Å²) < 4.78 is 22.0. The fourth-order valence-electron chi connectivity index (χ4n) is 5.51. The fourth-order valence-corrected chi connectivity index (χ4v) is 5.51. The van der Waals surface area contributed by atoms with Crippen LogP contribution >= 0.6 is 0 Å². The first-order valence-electron chi connectivity index (χ1n) is 16.6. The Hall–Kier alpha value is -4.97. The molecule has 0 bridgehead atoms. The molecular formula is C39H43NO10. The fraction of sp³-hybridized carbons (Fsp3) is 0.359. The Kier molecular flexibility index (Phi) is 15.0. The van der Waals surface area contributed by atoms with E-state index in [0.717, 1.165) is 35.1 Å². The second-order valence-electron chi connectivity index (χ2n) is 11.9. The summed E-state index contributed by atoms with van der Waals surface area (Å²) >= 11 is 0. The van der Waals surface area contributed by atoms with Gasteiger partial charge in [-0.05, 0) is 48.1 Å². The van der Waals surface area contributed by atoms with Crippen LogP contribution in [0, 0.1) is 5.92 Å². The lowest BCUT2D eigenvalue weighted by atomic mass is 9.89. The zero-order chi connectivity index (χ0) is 35.7. The lowest BCUT2D eigenvalue weighted by Crippen LogP contribution is -2.49. The molecule has 3 aromatic rings. The Bertz CT molecular complexity index is 1580. The molecule has 4 rings (SSSR count). The van der Waals surface area contributed by atoms with E-state index in [-0.39, 0.29) is 45.1 Å². The number of benzene rings is 3. The maximum atomic E-state index is 14.2. The van der Waals surface area contributed by atoms with Crippen molar-refractivity contribution >= 4 is 29.5 Å². The highest BCUT2D eigenvalue weighted by Crippen LogP contribution is 2.26. The molecule has 11 nitrogen and oxygen atoms in total. The Balaban J connectivity index is 1.39. The van der Waals surface area contributed by atoms with Crippen LogP contribution in [0.2, 0.25) is 0 Å². The van der Waals surface area contributed by atoms with Gasteiger partial charge in [-0.15, -0.1) is 0 Å². The van der Waals surface area contributed by atoms with Crippen LogP contribution in [0.25, 0.3) is 0 Å². The van der Waals surface area contributed by atoms with Gasteiger partial charge in [-0.2, -0.15) is 0 Å². The molecule has 2 amide bonds. The number of hydrogen-bond acceptors (Lipinski definition) is 10. The molecule has 4 atom stereocenters. The van der Waals surface area contributed by atoms with Crippen LogP contribution in [0.1, 0.15) is 36.5 Å². The van der Waals surface area contributed by atoms with Crippen molar-refractivity contribution in [2.24, 2.45) is 5.92 Å². The van der Waals surface area contributed by atoms with Gasteiger partial charge in [0.2, 0.25) is 5.91 Å². The van der Waals surface area contributed by atoms with Gasteiger partial charge in [0.1, 0.15) is 12.7 Å². The van der Waals surface area contributed by atoms with Gasteiger partial charge < -0.3 is 24.1 Å². The lowest BCUT2D eigenvalue weighted by molar-refractivity contribution is -0.158. The van der Waals surface area contributed by atoms with Crippen molar-refractivity contribution < 1.29 is 48.0 Å². The van der Waals surface area contributed by atoms with E-state index in [9.17, 15) is 29.1 Å². The number of rotatable bonds is 20. The highest BCUT2D eigenvalue weighted by molar-refractivity contribution is 6.04. The van der Waals surface area contributed by atoms with E-state index in [1.54, 1.807) is 30.3 Å². The number of cyclic esters (lactones) is 1. The normalized spacial score (nSPS) is 16.1. The van der Waals surface area contributed by atoms with Crippen LogP contribution < -0.4 is 0 Å². The third-order valence-electron chi connectivity index (χ3n) is 8.05. The molecule has 264 valence electrons. The van der Waals surface area contributed by atoms with Crippen LogP contribution in [-0.4, -0.2) is 84.2 Å². The van der Waals surface area contributed by atoms with Crippen molar-refractivity contribution in [3.8, 4) is 0 Å². The standard InChI is InChI=1S/C39H43NO10/c1-28(42)50-37(36(44)20-19-33(43)18-11-21-47-27-34(24-41)48-25-31-16-9-4-10-17-31)35(23-30-14-7-3-8-15-30)38(45)40-32(26-49-39(40)46)22-29-12-5-2-6-13-29/h2-10,12-17,19-20,32,34-35,37,41H,11,18,21-27H2,1H3/t32-,34+,35-,37-/m0/s1. The minimum atomic E-state index is -1.61. The van der Waals surface area contributed by atoms with Crippen molar-refractivity contribution in [3.05, 3.63) is 120 Å². The molecule has 1 aliphatic heterocycles. The molecular weight excluding hydrogens is 642 g/mol. The molecule has 1 aliphatic rings. The van der Waals surface area contributed by atoms with Crippen molar-refractivity contribution in [1.82, 2.24) is 4.90 Å². The number of amides is 2. The molecule has 11 heteroatoms. The number of imide groups is 1. The zero-order valence-electron chi connectivity index (χ0n) is 28.1. The summed E-state index contributed by atoms with van der Waals surface area (Å²) in [5, 5.41) is 9.60. The van der Waals surface area contributed by atoms with E-state index in [2.05, 4.69) is 0 Å². The average molecular weight is 686 g/mol. The molecule has 0 radical (unpaired) electrons. The molecule has 1 fully saturated rings. The summed E-state index contributed by atoms with van der Waals surface area (Å²) in [5.74, 6) is -3.95. The minimum Gasteiger partial charge on any atom is -0.453 e. The number of aliphatic hydroxyl groups excluding tert-OH is 1. The first-order valence-corrected chi connectivity index (χ1v) is 16.6. The first-order chi connectivity index (χ1) is 24.2. The highest BCUT2D eigenvalue weighted by atomic mass is 16.6. The Morgan fingerprint density at radius 3 is 2.14 bits per heavy atom. The van der Waals surface area contributed by atoms with Gasteiger partial charge in [-0.1, -0.05) is 91.0 Å². The molecule has 0 aliphatic carbocycles. The van der Waals surface area contributed by atoms with E-state index in [4.69, 9.17) is 18.9 Å². The number of aliphatic hydroxyl groups is 1. The quantitative estimate of drug-likeness (QED) is 0.103. The summed E-state index contributed by atoms with van der Waals surface area (Å²) in [7, 11) is 0. The van der Waals surface area contributed by atoms with E-state index in [0.29, 0.717) is 25.0 Å². The monoisotopic (exact) mass is 685 g/mol. The predicted molar refractivity (Wildman–Crippen MR) is 183 cm³/mol. The van der Waals surface area contributed by atoms with Gasteiger partial charge in [0, 0.05) is 20.0 Å². The maximum absolute atomic E-state index is 14.2. The number of nitrogens with zero attached hydrogens (tertiary/aromatic N) is 1. The van der Waals surface area contributed by atoms with Crippen LogP contribution in [0.4, 0.5) is 4.79 Å². The van der Waals surface area contributed by atoms with E-state index in [1.807, 2.05) is 60.7 Å². The topological polar surface area (TPSA) is 146 Å². The van der Waals surface area contributed by atoms with Gasteiger partial charge in [0.25, 0.3) is 0 Å². The van der Waals surface area contributed by atoms with Crippen molar-refractivity contribution in [2.45, 2.75) is 57.5 Å². The molecule has 1 saturated heterocycles. The predicted octanol–water partition coefficient (Wildman–Crippen LogP) is 4.44. The number of carbonyl (C=O) groups is 5. The van der Waals surface area contributed by atoms with Gasteiger partial charge in [-0.25, -0.2) is 9.69 Å². The maximum Gasteiger partial charge on any atom is 0.416 e. The summed E-state index contributed by atoms with van der Waals surface area (Å²) in [6.45, 7) is 1.57. The summed E-state index contributed by atoms with van der Waals surface area (Å²) in [5.41, 5.74) is 2.53. The van der Waals surface area contributed by atoms with Gasteiger partial charge in [-0.3, -0.25) is 19.2 Å². The number of ketones is 2. The SMILES string of the molecule is CC(=O)O[C@H](C(=O)C=CC(=O)CCCOC[C@@H](CO)OCc1ccccc1)[C@H](Cc1ccccc1)C(=O)N1C(=O)OC[C@@H]1Cc1ccccc1. The van der Waals surface area contributed by atoms with Crippen LogP contribution in [0.5, 0.6) is 0 Å². The summed E-state index contributed by atoms with van der Waals surface area (Å²) in [4.78, 5) is 66.5. The van der Waals surface area contributed by atoms with E-state index in [1.165, 1.54) is 0 Å². The number of esters is 1. The Morgan fingerprint density at radius 1 is 0.900 bits per heavy atom. The number of ether oxygens (including phenoxy) is 4. The molecule has 0 aromatic heterocycles. The third-order valence-corrected chi connectivity index (χ3v) is 8.05. The first kappa shape index (κ1) is 37.8. The average Bonchev–Trinajstić information content (AvgIpc) is 3.49. The second kappa shape index (κ2) is 19.9. The summed E-state index contributed by atoms with van der Waals surface area (Å²) in [6.07, 6.45) is -0.162. The largest absolute Gasteiger partial charge is 0.453 e. The molecule has 1 N–H and O–H groups in total.